The highest BCUT2D eigenvalue weighted by atomic mass is 19.1. The predicted octanol–water partition coefficient (Wildman–Crippen LogP) is 2.87. The zero-order valence-electron chi connectivity index (χ0n) is 7.84. The van der Waals surface area contributed by atoms with Gasteiger partial charge in [0.25, 0.3) is 0 Å². The molecule has 1 aromatic carbocycles. The Hall–Kier alpha value is -0.890. The van der Waals surface area contributed by atoms with Gasteiger partial charge in [-0.2, -0.15) is 0 Å². The molecule has 2 N–H and O–H groups in total. The standard InChI is InChI=1S/C8H10FN.C2H6/c1-6(10)7-2-4-8(9)5-3-7;1-2/h2-6H,10H2,1H3;1-2H3/t6-;/m1./s1. The molecule has 0 saturated heterocycles. The van der Waals surface area contributed by atoms with Gasteiger partial charge in [-0.05, 0) is 24.6 Å². The number of hydrogen-bond donors (Lipinski definition) is 1. The molecule has 0 saturated carbocycles. The Morgan fingerprint density at radius 3 is 1.92 bits per heavy atom. The summed E-state index contributed by atoms with van der Waals surface area (Å²) >= 11 is 0. The van der Waals surface area contributed by atoms with Crippen molar-refractivity contribution in [2.24, 2.45) is 5.73 Å². The van der Waals surface area contributed by atoms with Gasteiger partial charge in [0, 0.05) is 6.04 Å². The average Bonchev–Trinajstić information content (AvgIpc) is 2.09. The highest BCUT2D eigenvalue weighted by Crippen LogP contribution is 2.09. The second kappa shape index (κ2) is 5.72. The molecule has 1 nitrogen and oxygen atoms in total. The van der Waals surface area contributed by atoms with Crippen molar-refractivity contribution in [2.75, 3.05) is 0 Å². The van der Waals surface area contributed by atoms with Crippen LogP contribution in [0.2, 0.25) is 0 Å². The summed E-state index contributed by atoms with van der Waals surface area (Å²) in [7, 11) is 0. The van der Waals surface area contributed by atoms with E-state index in [2.05, 4.69) is 0 Å². The van der Waals surface area contributed by atoms with Crippen molar-refractivity contribution in [2.45, 2.75) is 26.8 Å². The molecule has 0 aliphatic rings. The van der Waals surface area contributed by atoms with Crippen LogP contribution in [0, 0.1) is 5.82 Å². The molecule has 68 valence electrons. The van der Waals surface area contributed by atoms with E-state index in [9.17, 15) is 4.39 Å². The van der Waals surface area contributed by atoms with Crippen molar-refractivity contribution in [3.8, 4) is 0 Å². The van der Waals surface area contributed by atoms with Crippen LogP contribution in [0.4, 0.5) is 4.39 Å². The van der Waals surface area contributed by atoms with Crippen LogP contribution in [-0.4, -0.2) is 0 Å². The summed E-state index contributed by atoms with van der Waals surface area (Å²) in [5.41, 5.74) is 6.50. The number of rotatable bonds is 1. The van der Waals surface area contributed by atoms with Gasteiger partial charge >= 0.3 is 0 Å². The van der Waals surface area contributed by atoms with Crippen LogP contribution in [0.5, 0.6) is 0 Å². The summed E-state index contributed by atoms with van der Waals surface area (Å²) in [6, 6.07) is 6.21. The Bertz CT molecular complexity index is 204. The largest absolute Gasteiger partial charge is 0.324 e. The first kappa shape index (κ1) is 11.1. The molecule has 12 heavy (non-hydrogen) atoms. The zero-order chi connectivity index (χ0) is 9.56. The van der Waals surface area contributed by atoms with E-state index in [4.69, 9.17) is 5.73 Å². The fourth-order valence-corrected chi connectivity index (χ4v) is 0.766. The molecule has 1 rings (SSSR count). The number of nitrogens with two attached hydrogens (primary N) is 1. The lowest BCUT2D eigenvalue weighted by atomic mass is 10.1. The zero-order valence-corrected chi connectivity index (χ0v) is 7.84. The fourth-order valence-electron chi connectivity index (χ4n) is 0.766. The van der Waals surface area contributed by atoms with E-state index >= 15 is 0 Å². The third-order valence-electron chi connectivity index (χ3n) is 1.40. The summed E-state index contributed by atoms with van der Waals surface area (Å²) in [5.74, 6) is -0.218. The van der Waals surface area contributed by atoms with Gasteiger partial charge < -0.3 is 5.73 Å². The maximum Gasteiger partial charge on any atom is 0.123 e. The van der Waals surface area contributed by atoms with Gasteiger partial charge in [-0.1, -0.05) is 26.0 Å². The van der Waals surface area contributed by atoms with Crippen molar-refractivity contribution >= 4 is 0 Å². The highest BCUT2D eigenvalue weighted by Gasteiger charge is 1.96. The van der Waals surface area contributed by atoms with Gasteiger partial charge in [-0.3, -0.25) is 0 Å². The van der Waals surface area contributed by atoms with Crippen LogP contribution in [-0.2, 0) is 0 Å². The normalized spacial score (nSPS) is 11.4. The molecule has 0 amide bonds. The van der Waals surface area contributed by atoms with Crippen LogP contribution in [0.3, 0.4) is 0 Å². The SMILES string of the molecule is CC.C[C@@H](N)c1ccc(F)cc1. The molecular formula is C10H16FN. The van der Waals surface area contributed by atoms with E-state index in [-0.39, 0.29) is 11.9 Å². The number of hydrogen-bond acceptors (Lipinski definition) is 1. The second-order valence-electron chi connectivity index (χ2n) is 2.34. The van der Waals surface area contributed by atoms with E-state index in [1.165, 1.54) is 12.1 Å². The minimum absolute atomic E-state index is 0.0133. The van der Waals surface area contributed by atoms with E-state index in [1.54, 1.807) is 12.1 Å². The molecule has 0 aromatic heterocycles. The lowest BCUT2D eigenvalue weighted by molar-refractivity contribution is 0.626. The monoisotopic (exact) mass is 169 g/mol. The maximum absolute atomic E-state index is 12.3. The molecule has 0 heterocycles. The number of benzene rings is 1. The van der Waals surface area contributed by atoms with Gasteiger partial charge in [0.05, 0.1) is 0 Å². The Labute approximate surface area is 73.4 Å². The first-order chi connectivity index (χ1) is 5.70. The molecule has 0 bridgehead atoms. The van der Waals surface area contributed by atoms with Crippen molar-refractivity contribution in [3.63, 3.8) is 0 Å². The molecule has 0 radical (unpaired) electrons. The molecule has 0 unspecified atom stereocenters. The van der Waals surface area contributed by atoms with Crippen molar-refractivity contribution in [1.82, 2.24) is 0 Å². The lowest BCUT2D eigenvalue weighted by Crippen LogP contribution is -2.04. The van der Waals surface area contributed by atoms with E-state index in [0.717, 1.165) is 5.56 Å². The van der Waals surface area contributed by atoms with Crippen molar-refractivity contribution in [3.05, 3.63) is 35.6 Å². The molecule has 0 aliphatic heterocycles. The summed E-state index contributed by atoms with van der Waals surface area (Å²) in [6.45, 7) is 5.87. The molecule has 0 fully saturated rings. The smallest absolute Gasteiger partial charge is 0.123 e. The molecule has 1 atom stereocenters. The van der Waals surface area contributed by atoms with Gasteiger partial charge in [0.15, 0.2) is 0 Å². The molecule has 0 spiro atoms. The Morgan fingerprint density at radius 2 is 1.58 bits per heavy atom. The Morgan fingerprint density at radius 1 is 1.17 bits per heavy atom. The fraction of sp³-hybridized carbons (Fsp3) is 0.400. The third-order valence-corrected chi connectivity index (χ3v) is 1.40. The van der Waals surface area contributed by atoms with E-state index in [1.807, 2.05) is 20.8 Å². The summed E-state index contributed by atoms with van der Waals surface area (Å²) in [4.78, 5) is 0. The molecule has 1 aromatic rings. The van der Waals surface area contributed by atoms with E-state index in [0.29, 0.717) is 0 Å². The summed E-state index contributed by atoms with van der Waals surface area (Å²) in [5, 5.41) is 0. The third kappa shape index (κ3) is 3.49. The topological polar surface area (TPSA) is 26.0 Å². The van der Waals surface area contributed by atoms with Crippen molar-refractivity contribution in [1.29, 1.82) is 0 Å². The minimum Gasteiger partial charge on any atom is -0.324 e. The summed E-state index contributed by atoms with van der Waals surface area (Å²) in [6.07, 6.45) is 0. The van der Waals surface area contributed by atoms with Crippen LogP contribution in [0.25, 0.3) is 0 Å². The predicted molar refractivity (Wildman–Crippen MR) is 50.4 cm³/mol. The molecule has 0 aliphatic carbocycles. The van der Waals surface area contributed by atoms with Gasteiger partial charge in [-0.15, -0.1) is 0 Å². The Kier molecular flexibility index (Phi) is 5.30. The minimum atomic E-state index is -0.218. The first-order valence-corrected chi connectivity index (χ1v) is 4.21. The van der Waals surface area contributed by atoms with Gasteiger partial charge in [0.1, 0.15) is 5.82 Å². The lowest BCUT2D eigenvalue weighted by Gasteiger charge is -2.02. The Balaban J connectivity index is 0.000000561. The molecule has 2 heteroatoms. The van der Waals surface area contributed by atoms with Gasteiger partial charge in [-0.25, -0.2) is 4.39 Å². The highest BCUT2D eigenvalue weighted by molar-refractivity contribution is 5.18. The van der Waals surface area contributed by atoms with Crippen LogP contribution >= 0.6 is 0 Å². The van der Waals surface area contributed by atoms with E-state index < -0.39 is 0 Å². The quantitative estimate of drug-likeness (QED) is 0.687. The molecular weight excluding hydrogens is 153 g/mol. The first-order valence-electron chi connectivity index (χ1n) is 4.21. The van der Waals surface area contributed by atoms with Crippen LogP contribution in [0.15, 0.2) is 24.3 Å². The summed E-state index contributed by atoms with van der Waals surface area (Å²) < 4.78 is 12.3. The van der Waals surface area contributed by atoms with Crippen LogP contribution < -0.4 is 5.73 Å². The average molecular weight is 169 g/mol. The maximum atomic E-state index is 12.3. The van der Waals surface area contributed by atoms with Crippen molar-refractivity contribution < 1.29 is 4.39 Å². The van der Waals surface area contributed by atoms with Crippen LogP contribution in [0.1, 0.15) is 32.4 Å². The van der Waals surface area contributed by atoms with Gasteiger partial charge in [0.2, 0.25) is 0 Å². The number of halogens is 1. The second-order valence-corrected chi connectivity index (χ2v) is 2.34.